The van der Waals surface area contributed by atoms with E-state index in [1.54, 1.807) is 24.3 Å². The zero-order valence-electron chi connectivity index (χ0n) is 8.64. The zero-order valence-corrected chi connectivity index (χ0v) is 10.1. The first-order valence-electron chi connectivity index (χ1n) is 4.73. The maximum atomic E-state index is 5.64. The highest BCUT2D eigenvalue weighted by Crippen LogP contribution is 2.14. The highest BCUT2D eigenvalue weighted by Gasteiger charge is 2.00. The maximum Gasteiger partial charge on any atom is 0.576 e. The lowest BCUT2D eigenvalue weighted by molar-refractivity contribution is 0.456. The van der Waals surface area contributed by atoms with Gasteiger partial charge in [0.1, 0.15) is 21.8 Å². The fraction of sp³-hybridized carbons (Fsp3) is 0. The van der Waals surface area contributed by atoms with Gasteiger partial charge in [0.2, 0.25) is 0 Å². The maximum absolute atomic E-state index is 5.64. The van der Waals surface area contributed by atoms with Gasteiger partial charge in [-0.2, -0.15) is 0 Å². The standard InChI is InChI=1S/C10H7BCl2N2O2/c12-9-3-1-7(5-14-9)16-11-17-8-2-4-10(13)15-6-8/h1-6,11H. The molecule has 2 rings (SSSR count). The number of hydrogen-bond acceptors (Lipinski definition) is 4. The molecule has 86 valence electrons. The Bertz CT molecular complexity index is 433. The third-order valence-electron chi connectivity index (χ3n) is 1.85. The average molecular weight is 269 g/mol. The van der Waals surface area contributed by atoms with Gasteiger partial charge in [-0.25, -0.2) is 9.97 Å². The van der Waals surface area contributed by atoms with Gasteiger partial charge in [-0.05, 0) is 24.3 Å². The second-order valence-corrected chi connectivity index (χ2v) is 3.81. The van der Waals surface area contributed by atoms with Crippen LogP contribution in [0.3, 0.4) is 0 Å². The van der Waals surface area contributed by atoms with Gasteiger partial charge in [0.15, 0.2) is 0 Å². The molecule has 0 saturated heterocycles. The van der Waals surface area contributed by atoms with Crippen LogP contribution in [0, 0.1) is 0 Å². The van der Waals surface area contributed by atoms with Crippen LogP contribution in [0.2, 0.25) is 10.3 Å². The van der Waals surface area contributed by atoms with E-state index in [9.17, 15) is 0 Å². The van der Waals surface area contributed by atoms with E-state index in [0.29, 0.717) is 21.8 Å². The normalized spacial score (nSPS) is 9.76. The summed E-state index contributed by atoms with van der Waals surface area (Å²) in [6.45, 7) is 0. The molecular formula is C10H7BCl2N2O2. The highest BCUT2D eigenvalue weighted by molar-refractivity contribution is 6.29. The lowest BCUT2D eigenvalue weighted by atomic mass is 10.3. The van der Waals surface area contributed by atoms with E-state index < -0.39 is 0 Å². The molecule has 2 aromatic heterocycles. The van der Waals surface area contributed by atoms with Crippen molar-refractivity contribution in [3.8, 4) is 11.5 Å². The Balaban J connectivity index is 1.83. The molecule has 0 spiro atoms. The summed E-state index contributed by atoms with van der Waals surface area (Å²) in [7, 11) is 0.0621. The number of rotatable bonds is 4. The molecular weight excluding hydrogens is 262 g/mol. The smallest absolute Gasteiger partial charge is 0.527 e. The van der Waals surface area contributed by atoms with Crippen LogP contribution in [0.15, 0.2) is 36.7 Å². The molecule has 17 heavy (non-hydrogen) atoms. The lowest BCUT2D eigenvalue weighted by Gasteiger charge is -2.06. The Morgan fingerprint density at radius 1 is 0.824 bits per heavy atom. The number of nitrogens with zero attached hydrogens (tertiary/aromatic N) is 2. The van der Waals surface area contributed by atoms with Crippen LogP contribution >= 0.6 is 23.2 Å². The number of halogens is 2. The van der Waals surface area contributed by atoms with Crippen molar-refractivity contribution in [2.75, 3.05) is 0 Å². The molecule has 0 amide bonds. The Morgan fingerprint density at radius 3 is 1.65 bits per heavy atom. The Kier molecular flexibility index (Phi) is 4.06. The van der Waals surface area contributed by atoms with Crippen molar-refractivity contribution in [1.29, 1.82) is 0 Å². The van der Waals surface area contributed by atoms with Crippen LogP contribution in [-0.4, -0.2) is 17.7 Å². The SMILES string of the molecule is Clc1ccc(OBOc2ccc(Cl)nc2)cn1. The number of pyridine rings is 2. The van der Waals surface area contributed by atoms with Crippen LogP contribution in [-0.2, 0) is 0 Å². The average Bonchev–Trinajstić information content (AvgIpc) is 2.34. The predicted molar refractivity (Wildman–Crippen MR) is 66.9 cm³/mol. The van der Waals surface area contributed by atoms with Crippen molar-refractivity contribution in [3.05, 3.63) is 47.0 Å². The van der Waals surface area contributed by atoms with Crippen molar-refractivity contribution in [1.82, 2.24) is 9.97 Å². The second kappa shape index (κ2) is 5.75. The van der Waals surface area contributed by atoms with Crippen LogP contribution in [0.1, 0.15) is 0 Å². The fourth-order valence-electron chi connectivity index (χ4n) is 1.06. The summed E-state index contributed by atoms with van der Waals surface area (Å²) in [5.41, 5.74) is 0. The van der Waals surface area contributed by atoms with E-state index >= 15 is 0 Å². The molecule has 0 N–H and O–H groups in total. The lowest BCUT2D eigenvalue weighted by Crippen LogP contribution is -2.11. The van der Waals surface area contributed by atoms with Gasteiger partial charge in [0, 0.05) is 0 Å². The Morgan fingerprint density at radius 2 is 1.29 bits per heavy atom. The number of aromatic nitrogens is 2. The summed E-state index contributed by atoms with van der Waals surface area (Å²) in [5.74, 6) is 1.16. The minimum absolute atomic E-state index is 0.0621. The van der Waals surface area contributed by atoms with Gasteiger partial charge >= 0.3 is 7.69 Å². The van der Waals surface area contributed by atoms with Gasteiger partial charge < -0.3 is 9.31 Å². The molecule has 2 aromatic rings. The molecule has 2 heterocycles. The van der Waals surface area contributed by atoms with Crippen LogP contribution in [0.25, 0.3) is 0 Å². The topological polar surface area (TPSA) is 44.2 Å². The fourth-order valence-corrected chi connectivity index (χ4v) is 1.28. The molecule has 0 aliphatic carbocycles. The summed E-state index contributed by atoms with van der Waals surface area (Å²) in [4.78, 5) is 7.74. The molecule has 0 aromatic carbocycles. The molecule has 7 heteroatoms. The van der Waals surface area contributed by atoms with Crippen LogP contribution in [0.5, 0.6) is 11.5 Å². The van der Waals surface area contributed by atoms with Gasteiger partial charge in [0.05, 0.1) is 12.4 Å². The molecule has 0 radical (unpaired) electrons. The van der Waals surface area contributed by atoms with E-state index in [2.05, 4.69) is 9.97 Å². The van der Waals surface area contributed by atoms with E-state index in [1.165, 1.54) is 12.4 Å². The molecule has 0 saturated carbocycles. The van der Waals surface area contributed by atoms with Gasteiger partial charge in [-0.15, -0.1) is 0 Å². The number of hydrogen-bond donors (Lipinski definition) is 0. The molecule has 0 aliphatic heterocycles. The first-order chi connectivity index (χ1) is 8.24. The van der Waals surface area contributed by atoms with E-state index in [1.807, 2.05) is 0 Å². The van der Waals surface area contributed by atoms with Crippen molar-refractivity contribution in [2.45, 2.75) is 0 Å². The molecule has 0 bridgehead atoms. The molecule has 0 fully saturated rings. The predicted octanol–water partition coefficient (Wildman–Crippen LogP) is 2.51. The summed E-state index contributed by atoms with van der Waals surface area (Å²) in [6, 6.07) is 6.69. The first-order valence-corrected chi connectivity index (χ1v) is 5.48. The first kappa shape index (κ1) is 12.0. The van der Waals surface area contributed by atoms with Crippen LogP contribution in [0.4, 0.5) is 0 Å². The van der Waals surface area contributed by atoms with E-state index in [4.69, 9.17) is 32.5 Å². The Hall–Kier alpha value is -1.46. The minimum atomic E-state index is 0.0621. The monoisotopic (exact) mass is 268 g/mol. The highest BCUT2D eigenvalue weighted by atomic mass is 35.5. The summed E-state index contributed by atoms with van der Waals surface area (Å²) in [6.07, 6.45) is 3.04. The van der Waals surface area contributed by atoms with Crippen molar-refractivity contribution in [3.63, 3.8) is 0 Å². The molecule has 0 atom stereocenters. The summed E-state index contributed by atoms with van der Waals surface area (Å²) < 4.78 is 10.6. The third-order valence-corrected chi connectivity index (χ3v) is 2.30. The van der Waals surface area contributed by atoms with E-state index in [-0.39, 0.29) is 7.69 Å². The second-order valence-electron chi connectivity index (χ2n) is 3.04. The largest absolute Gasteiger partial charge is 0.576 e. The molecule has 0 unspecified atom stereocenters. The summed E-state index contributed by atoms with van der Waals surface area (Å²) >= 11 is 11.3. The summed E-state index contributed by atoms with van der Waals surface area (Å²) in [5, 5.41) is 0.834. The van der Waals surface area contributed by atoms with Crippen LogP contribution < -0.4 is 9.31 Å². The molecule has 4 nitrogen and oxygen atoms in total. The quantitative estimate of drug-likeness (QED) is 0.631. The Labute approximate surface area is 109 Å². The van der Waals surface area contributed by atoms with Gasteiger partial charge in [0.25, 0.3) is 0 Å². The van der Waals surface area contributed by atoms with Crippen molar-refractivity contribution in [2.24, 2.45) is 0 Å². The van der Waals surface area contributed by atoms with Crippen molar-refractivity contribution < 1.29 is 9.31 Å². The molecule has 0 aliphatic rings. The van der Waals surface area contributed by atoms with Gasteiger partial charge in [-0.1, -0.05) is 23.2 Å². The van der Waals surface area contributed by atoms with Gasteiger partial charge in [-0.3, -0.25) is 0 Å². The zero-order chi connectivity index (χ0) is 12.1. The van der Waals surface area contributed by atoms with Crippen molar-refractivity contribution >= 4 is 30.9 Å². The third kappa shape index (κ3) is 3.80. The van der Waals surface area contributed by atoms with E-state index in [0.717, 1.165) is 0 Å². The minimum Gasteiger partial charge on any atom is -0.527 e.